The number of carbonyl (C=O) groups is 1. The summed E-state index contributed by atoms with van der Waals surface area (Å²) in [6.07, 6.45) is 1.46. The van der Waals surface area contributed by atoms with Crippen LogP contribution in [0.1, 0.15) is 19.4 Å². The largest absolute Gasteiger partial charge is 0.493 e. The van der Waals surface area contributed by atoms with E-state index in [1.54, 1.807) is 24.3 Å². The second-order valence-corrected chi connectivity index (χ2v) is 7.17. The maximum absolute atomic E-state index is 12.4. The molecule has 0 aliphatic carbocycles. The van der Waals surface area contributed by atoms with Gasteiger partial charge in [0.25, 0.3) is 11.6 Å². The smallest absolute Gasteiger partial charge is 0.270 e. The fraction of sp³-hybridized carbons (Fsp3) is 0.200. The van der Waals surface area contributed by atoms with Gasteiger partial charge in [-0.05, 0) is 51.7 Å². The number of nitro benzene ring substituents is 1. The van der Waals surface area contributed by atoms with Crippen molar-refractivity contribution >= 4 is 39.3 Å². The highest BCUT2D eigenvalue weighted by molar-refractivity contribution is 9.10. The lowest BCUT2D eigenvalue weighted by molar-refractivity contribution is -0.384. The van der Waals surface area contributed by atoms with Crippen molar-refractivity contribution in [3.05, 3.63) is 68.2 Å². The molecular formula is C20H18BrN3O4. The number of hydrogen-bond donors (Lipinski definition) is 1. The molecule has 7 nitrogen and oxygen atoms in total. The number of ether oxygens (including phenoxy) is 1. The molecule has 8 heteroatoms. The number of hydrogen-bond acceptors (Lipinski definition) is 5. The van der Waals surface area contributed by atoms with Gasteiger partial charge in [-0.25, -0.2) is 0 Å². The summed E-state index contributed by atoms with van der Waals surface area (Å²) in [5, 5.41) is 22.7. The summed E-state index contributed by atoms with van der Waals surface area (Å²) in [4.78, 5) is 22.6. The van der Waals surface area contributed by atoms with Gasteiger partial charge < -0.3 is 10.1 Å². The molecule has 1 amide bonds. The number of nitrogens with one attached hydrogen (secondary N) is 1. The van der Waals surface area contributed by atoms with E-state index in [0.29, 0.717) is 34.0 Å². The molecule has 0 aromatic heterocycles. The van der Waals surface area contributed by atoms with Crippen molar-refractivity contribution in [3.63, 3.8) is 0 Å². The summed E-state index contributed by atoms with van der Waals surface area (Å²) in [6.45, 7) is 4.71. The Morgan fingerprint density at radius 1 is 1.32 bits per heavy atom. The van der Waals surface area contributed by atoms with Crippen molar-refractivity contribution in [2.45, 2.75) is 13.8 Å². The van der Waals surface area contributed by atoms with Gasteiger partial charge in [-0.15, -0.1) is 0 Å². The molecule has 144 valence electrons. The Bertz CT molecular complexity index is 947. The number of amides is 1. The standard InChI is InChI=1S/C20H18BrN3O4/c1-13(2)12-28-17-6-3-14(4-7-17)9-15(11-22)20(25)23-19-8-5-16(24(26)27)10-18(19)21/h3-10,13H,12H2,1-2H3,(H,23,25)/b15-9-. The zero-order chi connectivity index (χ0) is 20.7. The highest BCUT2D eigenvalue weighted by Gasteiger charge is 2.14. The van der Waals surface area contributed by atoms with Crippen molar-refractivity contribution in [1.29, 1.82) is 5.26 Å². The molecule has 1 N–H and O–H groups in total. The van der Waals surface area contributed by atoms with E-state index in [1.165, 1.54) is 24.3 Å². The zero-order valence-corrected chi connectivity index (χ0v) is 16.9. The minimum Gasteiger partial charge on any atom is -0.493 e. The van der Waals surface area contributed by atoms with Crippen LogP contribution in [0.5, 0.6) is 5.75 Å². The molecule has 2 aromatic rings. The molecule has 0 bridgehead atoms. The van der Waals surface area contributed by atoms with Crippen molar-refractivity contribution < 1.29 is 14.5 Å². The molecule has 0 atom stereocenters. The minimum absolute atomic E-state index is 0.0962. The molecule has 0 saturated carbocycles. The highest BCUT2D eigenvalue weighted by atomic mass is 79.9. The third kappa shape index (κ3) is 5.93. The first-order valence-electron chi connectivity index (χ1n) is 8.40. The van der Waals surface area contributed by atoms with Gasteiger partial charge in [0.1, 0.15) is 17.4 Å². The van der Waals surface area contributed by atoms with Gasteiger partial charge in [-0.2, -0.15) is 5.26 Å². The predicted octanol–water partition coefficient (Wildman–Crippen LogP) is 4.94. The molecule has 28 heavy (non-hydrogen) atoms. The summed E-state index contributed by atoms with van der Waals surface area (Å²) in [7, 11) is 0. The molecule has 0 fully saturated rings. The van der Waals surface area contributed by atoms with Crippen LogP contribution in [0.15, 0.2) is 52.5 Å². The Kier molecular flexibility index (Phi) is 7.29. The highest BCUT2D eigenvalue weighted by Crippen LogP contribution is 2.27. The van der Waals surface area contributed by atoms with Gasteiger partial charge in [0, 0.05) is 16.6 Å². The van der Waals surface area contributed by atoms with Gasteiger partial charge >= 0.3 is 0 Å². The zero-order valence-electron chi connectivity index (χ0n) is 15.3. The number of nitriles is 1. The number of rotatable bonds is 7. The van der Waals surface area contributed by atoms with Crippen LogP contribution in [0.2, 0.25) is 0 Å². The molecule has 0 aliphatic rings. The van der Waals surface area contributed by atoms with Crippen LogP contribution in [0.3, 0.4) is 0 Å². The Balaban J connectivity index is 2.13. The molecule has 0 heterocycles. The van der Waals surface area contributed by atoms with Crippen molar-refractivity contribution in [2.24, 2.45) is 5.92 Å². The van der Waals surface area contributed by atoms with Crippen LogP contribution >= 0.6 is 15.9 Å². The minimum atomic E-state index is -0.614. The average Bonchev–Trinajstić information content (AvgIpc) is 2.66. The van der Waals surface area contributed by atoms with Crippen LogP contribution in [-0.2, 0) is 4.79 Å². The van der Waals surface area contributed by atoms with E-state index in [-0.39, 0.29) is 11.3 Å². The average molecular weight is 444 g/mol. The van der Waals surface area contributed by atoms with E-state index >= 15 is 0 Å². The number of anilines is 1. The molecule has 0 saturated heterocycles. The SMILES string of the molecule is CC(C)COc1ccc(/C=C(/C#N)C(=O)Nc2ccc([N+](=O)[O-])cc2Br)cc1. The first-order valence-corrected chi connectivity index (χ1v) is 9.19. The van der Waals surface area contributed by atoms with E-state index in [0.717, 1.165) is 0 Å². The second-order valence-electron chi connectivity index (χ2n) is 6.32. The van der Waals surface area contributed by atoms with Gasteiger partial charge in [-0.3, -0.25) is 14.9 Å². The molecular weight excluding hydrogens is 426 g/mol. The topological polar surface area (TPSA) is 105 Å². The van der Waals surface area contributed by atoms with E-state index < -0.39 is 10.8 Å². The quantitative estimate of drug-likeness (QED) is 0.282. The Morgan fingerprint density at radius 2 is 2.00 bits per heavy atom. The third-order valence-electron chi connectivity index (χ3n) is 3.55. The molecule has 0 spiro atoms. The normalized spacial score (nSPS) is 11.0. The fourth-order valence-corrected chi connectivity index (χ4v) is 2.61. The van der Waals surface area contributed by atoms with Crippen LogP contribution in [0, 0.1) is 27.4 Å². The summed E-state index contributed by atoms with van der Waals surface area (Å²) in [5.41, 5.74) is 0.794. The number of benzene rings is 2. The lowest BCUT2D eigenvalue weighted by Crippen LogP contribution is -2.13. The number of nitrogens with zero attached hydrogens (tertiary/aromatic N) is 2. The van der Waals surface area contributed by atoms with E-state index in [4.69, 9.17) is 4.74 Å². The number of carbonyl (C=O) groups excluding carboxylic acids is 1. The number of nitro groups is 1. The molecule has 2 rings (SSSR count). The lowest BCUT2D eigenvalue weighted by atomic mass is 10.1. The number of non-ortho nitro benzene ring substituents is 1. The third-order valence-corrected chi connectivity index (χ3v) is 4.21. The summed E-state index contributed by atoms with van der Waals surface area (Å²) < 4.78 is 5.95. The Hall–Kier alpha value is -3.18. The Morgan fingerprint density at radius 3 is 2.54 bits per heavy atom. The molecule has 0 aliphatic heterocycles. The van der Waals surface area contributed by atoms with Crippen molar-refractivity contribution in [3.8, 4) is 11.8 Å². The summed E-state index contributed by atoms with van der Waals surface area (Å²) in [6, 6.07) is 12.9. The second kappa shape index (κ2) is 9.67. The van der Waals surface area contributed by atoms with Crippen LogP contribution in [0.4, 0.5) is 11.4 Å². The van der Waals surface area contributed by atoms with Gasteiger partial charge in [0.2, 0.25) is 0 Å². The number of halogens is 1. The van der Waals surface area contributed by atoms with E-state index in [9.17, 15) is 20.2 Å². The lowest BCUT2D eigenvalue weighted by Gasteiger charge is -2.09. The first kappa shape index (κ1) is 21.1. The van der Waals surface area contributed by atoms with Crippen molar-refractivity contribution in [2.75, 3.05) is 11.9 Å². The van der Waals surface area contributed by atoms with Gasteiger partial charge in [0.15, 0.2) is 0 Å². The maximum atomic E-state index is 12.4. The first-order chi connectivity index (χ1) is 13.3. The van der Waals surface area contributed by atoms with E-state index in [2.05, 4.69) is 35.1 Å². The van der Waals surface area contributed by atoms with Crippen LogP contribution < -0.4 is 10.1 Å². The summed E-state index contributed by atoms with van der Waals surface area (Å²) in [5.74, 6) is 0.507. The monoisotopic (exact) mass is 443 g/mol. The van der Waals surface area contributed by atoms with E-state index in [1.807, 2.05) is 6.07 Å². The van der Waals surface area contributed by atoms with Gasteiger partial charge in [0.05, 0.1) is 17.2 Å². The molecule has 0 radical (unpaired) electrons. The Labute approximate surface area is 170 Å². The molecule has 2 aromatic carbocycles. The van der Waals surface area contributed by atoms with Crippen molar-refractivity contribution in [1.82, 2.24) is 0 Å². The van der Waals surface area contributed by atoms with Crippen LogP contribution in [-0.4, -0.2) is 17.4 Å². The predicted molar refractivity (Wildman–Crippen MR) is 110 cm³/mol. The van der Waals surface area contributed by atoms with Gasteiger partial charge in [-0.1, -0.05) is 26.0 Å². The maximum Gasteiger partial charge on any atom is 0.270 e. The molecule has 0 unspecified atom stereocenters. The van der Waals surface area contributed by atoms with Crippen LogP contribution in [0.25, 0.3) is 6.08 Å². The fourth-order valence-electron chi connectivity index (χ4n) is 2.15. The summed E-state index contributed by atoms with van der Waals surface area (Å²) >= 11 is 3.18.